The lowest BCUT2D eigenvalue weighted by Crippen LogP contribution is -1.98. The molecule has 12 rings (SSSR count). The lowest BCUT2D eigenvalue weighted by molar-refractivity contribution is 0.615. The molecule has 0 saturated carbocycles. The fourth-order valence-electron chi connectivity index (χ4n) is 8.52. The smallest absolute Gasteiger partial charge is 0.134 e. The Kier molecular flexibility index (Phi) is 16.9. The molecule has 0 unspecified atom stereocenters. The molecule has 0 atom stereocenters. The highest BCUT2D eigenvalue weighted by Crippen LogP contribution is 2.28. The van der Waals surface area contributed by atoms with Gasteiger partial charge in [0.2, 0.25) is 0 Å². The standard InChI is InChI=1S/C20H14O2.C20H14S2.C16H18N4.C14H12N2/c1-13-9-19-17(5-7-21-19)11-15(13)3-4-16-12-18-6-8-22-20(18)10-14(16)2;1-13-9-17-5-7-22-20(17)12-16(13)4-3-15-11-18-6-8-21-19(18)10-14(15)2;1-9-5-13(17)15(19)7-11(9)3-4-12-8-16(20)14(18)6-10(12)2;1-11-9-15-7-5-13(11)3-4-14-6-8-16-10-12(14)2/h2*5-12H,1-2H3;5-8H,17-20H2,1-2H3;5-10H,1-2H3. The van der Waals surface area contributed by atoms with Crippen molar-refractivity contribution < 1.29 is 8.83 Å². The maximum atomic E-state index is 5.80. The molecular weight excluding hydrogens is 1020 g/mol. The Morgan fingerprint density at radius 1 is 0.325 bits per heavy atom. The van der Waals surface area contributed by atoms with Crippen LogP contribution < -0.4 is 22.9 Å². The number of rotatable bonds is 0. The third-order valence-corrected chi connectivity index (χ3v) is 15.2. The van der Waals surface area contributed by atoms with Crippen LogP contribution in [0.25, 0.3) is 42.1 Å². The average Bonchev–Trinajstić information content (AvgIpc) is 4.29. The number of nitrogens with zero attached hydrogens (tertiary/aromatic N) is 2. The summed E-state index contributed by atoms with van der Waals surface area (Å²) in [6.45, 7) is 16.3. The quantitative estimate of drug-likeness (QED) is 0.0864. The number of pyridine rings is 2. The molecule has 0 spiro atoms. The summed E-state index contributed by atoms with van der Waals surface area (Å²) in [6.07, 6.45) is 10.6. The summed E-state index contributed by atoms with van der Waals surface area (Å²) < 4.78 is 13.5. The van der Waals surface area contributed by atoms with Crippen molar-refractivity contribution in [1.29, 1.82) is 0 Å². The molecule has 6 aromatic heterocycles. The second-order valence-corrected chi connectivity index (χ2v) is 21.4. The SMILES string of the molecule is Cc1cc(N)c(N)cc1C#Cc1cc(N)c(N)cc1C.Cc1cc2occc2cc1C#Cc1cc2ccoc2cc1C.Cc1cc2sccc2cc1C#Cc1cc2sccc2cc1C.Cc1cnccc1C#Cc1ccncc1C. The highest BCUT2D eigenvalue weighted by Gasteiger charge is 2.07. The number of anilines is 4. The Hall–Kier alpha value is -9.94. The van der Waals surface area contributed by atoms with E-state index < -0.39 is 0 Å². The van der Waals surface area contributed by atoms with Gasteiger partial charge in [-0.1, -0.05) is 47.4 Å². The summed E-state index contributed by atoms with van der Waals surface area (Å²) in [6, 6.07) is 36.4. The van der Waals surface area contributed by atoms with Crippen LogP contribution in [0.5, 0.6) is 0 Å². The van der Waals surface area contributed by atoms with Crippen molar-refractivity contribution >= 4 is 87.5 Å². The van der Waals surface area contributed by atoms with E-state index in [1.165, 1.54) is 31.3 Å². The van der Waals surface area contributed by atoms with E-state index >= 15 is 0 Å². The summed E-state index contributed by atoms with van der Waals surface area (Å²) in [7, 11) is 0. The lowest BCUT2D eigenvalue weighted by Gasteiger charge is -2.05. The van der Waals surface area contributed by atoms with Gasteiger partial charge < -0.3 is 31.8 Å². The number of fused-ring (bicyclic) bond motifs is 4. The number of hydrogen-bond acceptors (Lipinski definition) is 10. The van der Waals surface area contributed by atoms with Crippen LogP contribution in [0.3, 0.4) is 0 Å². The minimum atomic E-state index is 0.536. The molecule has 6 aromatic carbocycles. The molecular formula is C70H58N6O2S2. The van der Waals surface area contributed by atoms with E-state index in [9.17, 15) is 0 Å². The molecule has 6 heterocycles. The fraction of sp³-hybridized carbons (Fsp3) is 0.114. The Bertz CT molecular complexity index is 4110. The minimum Gasteiger partial charge on any atom is -0.464 e. The number of aromatic nitrogens is 2. The first-order chi connectivity index (χ1) is 38.6. The molecule has 80 heavy (non-hydrogen) atoms. The molecule has 0 radical (unpaired) electrons. The third-order valence-electron chi connectivity index (χ3n) is 13.4. The van der Waals surface area contributed by atoms with E-state index in [4.69, 9.17) is 31.8 Å². The van der Waals surface area contributed by atoms with E-state index in [1.807, 2.05) is 88.6 Å². The third kappa shape index (κ3) is 13.2. The highest BCUT2D eigenvalue weighted by atomic mass is 32.1. The van der Waals surface area contributed by atoms with E-state index in [1.54, 1.807) is 59.7 Å². The van der Waals surface area contributed by atoms with Crippen molar-refractivity contribution in [2.45, 2.75) is 55.4 Å². The van der Waals surface area contributed by atoms with Crippen LogP contribution in [0.4, 0.5) is 22.7 Å². The molecule has 0 aliphatic carbocycles. The van der Waals surface area contributed by atoms with Crippen LogP contribution >= 0.6 is 22.7 Å². The summed E-state index contributed by atoms with van der Waals surface area (Å²) in [5, 5.41) is 9.02. The van der Waals surface area contributed by atoms with Crippen LogP contribution in [-0.4, -0.2) is 9.97 Å². The Morgan fingerprint density at radius 3 is 1.11 bits per heavy atom. The maximum Gasteiger partial charge on any atom is 0.134 e. The predicted molar refractivity (Wildman–Crippen MR) is 337 cm³/mol. The second kappa shape index (κ2) is 24.6. The van der Waals surface area contributed by atoms with Gasteiger partial charge in [-0.25, -0.2) is 0 Å². The fourth-order valence-corrected chi connectivity index (χ4v) is 10.2. The number of hydrogen-bond donors (Lipinski definition) is 4. The summed E-state index contributed by atoms with van der Waals surface area (Å²) >= 11 is 3.55. The first-order valence-electron chi connectivity index (χ1n) is 25.7. The summed E-state index contributed by atoms with van der Waals surface area (Å²) in [5.74, 6) is 25.8. The van der Waals surface area contributed by atoms with Crippen LogP contribution in [0.2, 0.25) is 0 Å². The average molecular weight is 1080 g/mol. The number of thiophene rings is 2. The van der Waals surface area contributed by atoms with E-state index in [0.717, 1.165) is 99.8 Å². The molecule has 0 aliphatic rings. The van der Waals surface area contributed by atoms with Crippen LogP contribution in [0, 0.1) is 103 Å². The molecule has 392 valence electrons. The number of furan rings is 2. The minimum absolute atomic E-state index is 0.536. The Labute approximate surface area is 475 Å². The lowest BCUT2D eigenvalue weighted by atomic mass is 10.0. The molecule has 0 amide bonds. The van der Waals surface area contributed by atoms with Gasteiger partial charge in [0.15, 0.2) is 0 Å². The zero-order valence-corrected chi connectivity index (χ0v) is 47.5. The van der Waals surface area contributed by atoms with Gasteiger partial charge in [0.05, 0.1) is 35.3 Å². The number of nitrogens with two attached hydrogens (primary N) is 4. The molecule has 12 aromatic rings. The Morgan fingerprint density at radius 2 is 0.662 bits per heavy atom. The zero-order valence-electron chi connectivity index (χ0n) is 45.8. The van der Waals surface area contributed by atoms with Crippen LogP contribution in [0.15, 0.2) is 166 Å². The largest absolute Gasteiger partial charge is 0.464 e. The van der Waals surface area contributed by atoms with Gasteiger partial charge in [-0.3, -0.25) is 9.97 Å². The maximum absolute atomic E-state index is 5.80. The molecule has 0 saturated heterocycles. The molecule has 0 aliphatic heterocycles. The van der Waals surface area contributed by atoms with E-state index in [-0.39, 0.29) is 0 Å². The number of aryl methyl sites for hydroxylation is 8. The van der Waals surface area contributed by atoms with Crippen molar-refractivity contribution in [1.82, 2.24) is 9.97 Å². The van der Waals surface area contributed by atoms with Crippen molar-refractivity contribution in [2.24, 2.45) is 0 Å². The molecule has 0 fully saturated rings. The van der Waals surface area contributed by atoms with Gasteiger partial charge in [-0.2, -0.15) is 0 Å². The van der Waals surface area contributed by atoms with Gasteiger partial charge in [-0.05, 0) is 231 Å². The van der Waals surface area contributed by atoms with E-state index in [0.29, 0.717) is 22.7 Å². The topological polar surface area (TPSA) is 156 Å². The first-order valence-corrected chi connectivity index (χ1v) is 27.4. The van der Waals surface area contributed by atoms with Crippen LogP contribution in [-0.2, 0) is 0 Å². The number of nitrogen functional groups attached to an aromatic ring is 4. The van der Waals surface area contributed by atoms with Crippen LogP contribution in [0.1, 0.15) is 89.0 Å². The van der Waals surface area contributed by atoms with Crippen molar-refractivity contribution in [3.05, 3.63) is 246 Å². The summed E-state index contributed by atoms with van der Waals surface area (Å²) in [5.41, 5.74) is 44.1. The molecule has 10 heteroatoms. The molecule has 8 N–H and O–H groups in total. The van der Waals surface area contributed by atoms with Gasteiger partial charge >= 0.3 is 0 Å². The first kappa shape index (κ1) is 54.8. The van der Waals surface area contributed by atoms with Gasteiger partial charge in [0.25, 0.3) is 0 Å². The van der Waals surface area contributed by atoms with Crippen molar-refractivity contribution in [3.63, 3.8) is 0 Å². The van der Waals surface area contributed by atoms with Crippen molar-refractivity contribution in [3.8, 4) is 47.4 Å². The van der Waals surface area contributed by atoms with Gasteiger partial charge in [0, 0.05) is 89.5 Å². The molecule has 0 bridgehead atoms. The highest BCUT2D eigenvalue weighted by molar-refractivity contribution is 7.17. The molecule has 8 nitrogen and oxygen atoms in total. The number of benzene rings is 6. The monoisotopic (exact) mass is 1080 g/mol. The van der Waals surface area contributed by atoms with Gasteiger partial charge in [-0.15, -0.1) is 22.7 Å². The normalized spacial score (nSPS) is 10.3. The Balaban J connectivity index is 0.000000130. The predicted octanol–water partition coefficient (Wildman–Crippen LogP) is 15.9. The second-order valence-electron chi connectivity index (χ2n) is 19.5. The summed E-state index contributed by atoms with van der Waals surface area (Å²) in [4.78, 5) is 8.08. The van der Waals surface area contributed by atoms with Crippen molar-refractivity contribution in [2.75, 3.05) is 22.9 Å². The van der Waals surface area contributed by atoms with Gasteiger partial charge in [0.1, 0.15) is 11.2 Å². The zero-order chi connectivity index (χ0) is 56.5. The van der Waals surface area contributed by atoms with E-state index in [2.05, 4.69) is 144 Å².